The van der Waals surface area contributed by atoms with Gasteiger partial charge in [-0.3, -0.25) is 5.43 Å². The van der Waals surface area contributed by atoms with E-state index < -0.39 is 6.36 Å². The summed E-state index contributed by atoms with van der Waals surface area (Å²) < 4.78 is 40.9. The maximum absolute atomic E-state index is 12.3. The second-order valence-corrected chi connectivity index (χ2v) is 4.91. The Morgan fingerprint density at radius 3 is 2.62 bits per heavy atom. The Morgan fingerprint density at radius 2 is 1.96 bits per heavy atom. The minimum Gasteiger partial charge on any atom is -0.406 e. The molecular formula is C17H16F3N3O. The van der Waals surface area contributed by atoms with Crippen LogP contribution >= 0.6 is 0 Å². The van der Waals surface area contributed by atoms with Crippen LogP contribution in [0.2, 0.25) is 0 Å². The molecule has 0 aliphatic rings. The molecule has 0 aliphatic heterocycles. The molecule has 0 aliphatic carbocycles. The molecule has 0 amide bonds. The molecular weight excluding hydrogens is 319 g/mol. The van der Waals surface area contributed by atoms with Gasteiger partial charge in [0.1, 0.15) is 5.75 Å². The van der Waals surface area contributed by atoms with Gasteiger partial charge in [0.25, 0.3) is 0 Å². The average molecular weight is 335 g/mol. The first-order valence-corrected chi connectivity index (χ1v) is 7.00. The minimum atomic E-state index is -4.74. The third-order valence-corrected chi connectivity index (χ3v) is 3.07. The van der Waals surface area contributed by atoms with E-state index in [1.54, 1.807) is 18.2 Å². The molecule has 0 bridgehead atoms. The summed E-state index contributed by atoms with van der Waals surface area (Å²) in [4.78, 5) is 0. The number of nitrogens with one attached hydrogen (secondary N) is 1. The Labute approximate surface area is 137 Å². The molecule has 24 heavy (non-hydrogen) atoms. The SMILES string of the molecule is C=NN/C(=C\Cc1cccc(N)c1)c1cccc(OC(F)(F)F)c1. The second-order valence-electron chi connectivity index (χ2n) is 4.91. The van der Waals surface area contributed by atoms with Crippen LogP contribution < -0.4 is 15.9 Å². The lowest BCUT2D eigenvalue weighted by molar-refractivity contribution is -0.274. The van der Waals surface area contributed by atoms with Crippen molar-refractivity contribution >= 4 is 18.1 Å². The first kappa shape index (κ1) is 17.4. The summed E-state index contributed by atoms with van der Waals surface area (Å²) in [5.74, 6) is -0.305. The van der Waals surface area contributed by atoms with E-state index >= 15 is 0 Å². The summed E-state index contributed by atoms with van der Waals surface area (Å²) in [5, 5.41) is 3.59. The zero-order valence-electron chi connectivity index (χ0n) is 12.7. The normalized spacial score (nSPS) is 11.9. The molecule has 0 spiro atoms. The van der Waals surface area contributed by atoms with Gasteiger partial charge in [-0.1, -0.05) is 30.3 Å². The van der Waals surface area contributed by atoms with Crippen molar-refractivity contribution < 1.29 is 17.9 Å². The van der Waals surface area contributed by atoms with Gasteiger partial charge in [-0.15, -0.1) is 13.2 Å². The molecule has 0 saturated carbocycles. The number of allylic oxidation sites excluding steroid dienone is 1. The minimum absolute atomic E-state index is 0.305. The molecule has 7 heteroatoms. The fraction of sp³-hybridized carbons (Fsp3) is 0.118. The van der Waals surface area contributed by atoms with Gasteiger partial charge < -0.3 is 10.5 Å². The number of nitrogens with two attached hydrogens (primary N) is 1. The number of alkyl halides is 3. The summed E-state index contributed by atoms with van der Waals surface area (Å²) in [7, 11) is 0. The van der Waals surface area contributed by atoms with Gasteiger partial charge >= 0.3 is 6.36 Å². The third-order valence-electron chi connectivity index (χ3n) is 3.07. The largest absolute Gasteiger partial charge is 0.573 e. The maximum Gasteiger partial charge on any atom is 0.573 e. The first-order chi connectivity index (χ1) is 11.4. The summed E-state index contributed by atoms with van der Waals surface area (Å²) in [6.07, 6.45) is -2.43. The smallest absolute Gasteiger partial charge is 0.406 e. The number of anilines is 1. The number of benzene rings is 2. The van der Waals surface area contributed by atoms with Crippen LogP contribution in [0.5, 0.6) is 5.75 Å². The Morgan fingerprint density at radius 1 is 1.21 bits per heavy atom. The van der Waals surface area contributed by atoms with Gasteiger partial charge in [0.05, 0.1) is 5.70 Å². The van der Waals surface area contributed by atoms with E-state index in [2.05, 4.69) is 22.0 Å². The number of rotatable bonds is 6. The molecule has 2 rings (SSSR count). The van der Waals surface area contributed by atoms with Crippen molar-refractivity contribution in [1.29, 1.82) is 0 Å². The van der Waals surface area contributed by atoms with Crippen molar-refractivity contribution in [1.82, 2.24) is 5.43 Å². The number of ether oxygens (including phenoxy) is 1. The van der Waals surface area contributed by atoms with Gasteiger partial charge in [-0.05, 0) is 36.2 Å². The van der Waals surface area contributed by atoms with Crippen LogP contribution in [-0.2, 0) is 6.42 Å². The monoisotopic (exact) mass is 335 g/mol. The van der Waals surface area contributed by atoms with E-state index in [-0.39, 0.29) is 5.75 Å². The maximum atomic E-state index is 12.3. The van der Waals surface area contributed by atoms with E-state index in [1.165, 1.54) is 18.2 Å². The highest BCUT2D eigenvalue weighted by molar-refractivity contribution is 5.65. The predicted octanol–water partition coefficient (Wildman–Crippen LogP) is 3.96. The molecule has 0 heterocycles. The van der Waals surface area contributed by atoms with E-state index in [9.17, 15) is 13.2 Å². The molecule has 0 unspecified atom stereocenters. The number of nitrogens with zero attached hydrogens (tertiary/aromatic N) is 1. The number of hydrogen-bond acceptors (Lipinski definition) is 4. The van der Waals surface area contributed by atoms with Gasteiger partial charge in [0.15, 0.2) is 0 Å². The van der Waals surface area contributed by atoms with Crippen molar-refractivity contribution in [2.45, 2.75) is 12.8 Å². The zero-order valence-corrected chi connectivity index (χ0v) is 12.7. The molecule has 0 aromatic heterocycles. The lowest BCUT2D eigenvalue weighted by Crippen LogP contribution is -2.17. The van der Waals surface area contributed by atoms with Crippen LogP contribution in [0.1, 0.15) is 11.1 Å². The average Bonchev–Trinajstić information content (AvgIpc) is 2.50. The Kier molecular flexibility index (Phi) is 5.47. The van der Waals surface area contributed by atoms with Crippen molar-refractivity contribution in [3.05, 3.63) is 65.7 Å². The lowest BCUT2D eigenvalue weighted by Gasteiger charge is -2.12. The molecule has 2 aromatic carbocycles. The fourth-order valence-electron chi connectivity index (χ4n) is 2.11. The summed E-state index contributed by atoms with van der Waals surface area (Å²) in [5.41, 5.74) is 11.0. The van der Waals surface area contributed by atoms with Crippen LogP contribution in [0.15, 0.2) is 59.7 Å². The molecule has 0 fully saturated rings. The summed E-state index contributed by atoms with van der Waals surface area (Å²) in [6.45, 7) is 3.34. The summed E-state index contributed by atoms with van der Waals surface area (Å²) in [6, 6.07) is 12.9. The van der Waals surface area contributed by atoms with Crippen LogP contribution in [0.3, 0.4) is 0 Å². The quantitative estimate of drug-likeness (QED) is 0.477. The van der Waals surface area contributed by atoms with Gasteiger partial charge in [-0.2, -0.15) is 5.10 Å². The van der Waals surface area contributed by atoms with Gasteiger partial charge in [0.2, 0.25) is 0 Å². The molecule has 4 nitrogen and oxygen atoms in total. The Hall–Kier alpha value is -2.96. The third kappa shape index (κ3) is 5.35. The number of nitrogen functional groups attached to an aromatic ring is 1. The zero-order chi connectivity index (χ0) is 17.6. The Balaban J connectivity index is 2.25. The van der Waals surface area contributed by atoms with Crippen molar-refractivity contribution in [3.8, 4) is 5.75 Å². The van der Waals surface area contributed by atoms with E-state index in [1.807, 2.05) is 18.2 Å². The van der Waals surface area contributed by atoms with E-state index in [0.29, 0.717) is 23.4 Å². The molecule has 0 atom stereocenters. The van der Waals surface area contributed by atoms with E-state index in [4.69, 9.17) is 5.73 Å². The fourth-order valence-corrected chi connectivity index (χ4v) is 2.11. The lowest BCUT2D eigenvalue weighted by atomic mass is 10.1. The van der Waals surface area contributed by atoms with E-state index in [0.717, 1.165) is 5.56 Å². The molecule has 0 saturated heterocycles. The van der Waals surface area contributed by atoms with Crippen LogP contribution in [-0.4, -0.2) is 13.1 Å². The molecule has 2 aromatic rings. The summed E-state index contributed by atoms with van der Waals surface area (Å²) >= 11 is 0. The topological polar surface area (TPSA) is 59.6 Å². The highest BCUT2D eigenvalue weighted by atomic mass is 19.4. The highest BCUT2D eigenvalue weighted by Gasteiger charge is 2.31. The number of hydrogen-bond donors (Lipinski definition) is 2. The van der Waals surface area contributed by atoms with Crippen molar-refractivity contribution in [2.24, 2.45) is 5.10 Å². The van der Waals surface area contributed by atoms with Gasteiger partial charge in [-0.25, -0.2) is 0 Å². The second kappa shape index (κ2) is 7.54. The molecule has 3 N–H and O–H groups in total. The molecule has 126 valence electrons. The van der Waals surface area contributed by atoms with Crippen molar-refractivity contribution in [2.75, 3.05) is 5.73 Å². The first-order valence-electron chi connectivity index (χ1n) is 7.00. The standard InChI is InChI=1S/C17H16F3N3O/c1-22-23-16(9-8-12-4-2-6-14(21)10-12)13-5-3-7-15(11-13)24-17(18,19)20/h2-7,9-11,23H,1,8,21H2/b16-9-. The Bertz CT molecular complexity index is 742. The van der Waals surface area contributed by atoms with Crippen molar-refractivity contribution in [3.63, 3.8) is 0 Å². The van der Waals surface area contributed by atoms with Gasteiger partial charge in [0, 0.05) is 18.0 Å². The van der Waals surface area contributed by atoms with Crippen LogP contribution in [0.4, 0.5) is 18.9 Å². The highest BCUT2D eigenvalue weighted by Crippen LogP contribution is 2.25. The predicted molar refractivity (Wildman–Crippen MR) is 88.3 cm³/mol. The van der Waals surface area contributed by atoms with Crippen LogP contribution in [0.25, 0.3) is 5.70 Å². The number of halogens is 3. The van der Waals surface area contributed by atoms with Crippen LogP contribution in [0, 0.1) is 0 Å². The molecule has 0 radical (unpaired) electrons. The number of hydrazone groups is 1.